The SMILES string of the molecule is C[C@H](N)[C@@H](C)Nc1nc(Nc2ccnc(-n3nccn3)c2)c(C(N)=O)cc1F.C[C@H](Nc1nc(Nc2ccnc(-n3nccn3)c2)c(C(N)=O)cc1F)[C@@H](C)N. The van der Waals surface area contributed by atoms with Crippen LogP contribution in [0.4, 0.5) is 43.4 Å². The van der Waals surface area contributed by atoms with Gasteiger partial charge in [0, 0.05) is 60.1 Å². The van der Waals surface area contributed by atoms with Crippen molar-refractivity contribution in [1.29, 1.82) is 0 Å². The zero-order chi connectivity index (χ0) is 40.5. The summed E-state index contributed by atoms with van der Waals surface area (Å²) in [5.74, 6) is -2.04. The molecule has 22 heteroatoms. The molecule has 0 saturated carbocycles. The molecule has 0 saturated heterocycles. The van der Waals surface area contributed by atoms with Gasteiger partial charge in [0.05, 0.1) is 35.9 Å². The summed E-state index contributed by atoms with van der Waals surface area (Å²) in [5.41, 5.74) is 23.3. The molecule has 0 fully saturated rings. The third kappa shape index (κ3) is 10.1. The number of aromatic nitrogens is 10. The Morgan fingerprint density at radius 1 is 0.589 bits per heavy atom. The molecule has 6 aromatic heterocycles. The van der Waals surface area contributed by atoms with Crippen LogP contribution in [0.2, 0.25) is 0 Å². The number of carbonyl (C=O) groups excluding carboxylic acids is 2. The lowest BCUT2D eigenvalue weighted by molar-refractivity contribution is 0.0992. The van der Waals surface area contributed by atoms with Crippen molar-refractivity contribution < 1.29 is 18.4 Å². The van der Waals surface area contributed by atoms with Gasteiger partial charge in [-0.25, -0.2) is 28.7 Å². The number of hydrogen-bond acceptors (Lipinski definition) is 16. The van der Waals surface area contributed by atoms with Crippen molar-refractivity contribution in [2.45, 2.75) is 51.9 Å². The summed E-state index contributed by atoms with van der Waals surface area (Å²) in [4.78, 5) is 42.9. The van der Waals surface area contributed by atoms with Crippen molar-refractivity contribution in [3.8, 4) is 11.6 Å². The lowest BCUT2D eigenvalue weighted by Gasteiger charge is -2.20. The van der Waals surface area contributed by atoms with E-state index in [2.05, 4.69) is 61.6 Å². The quantitative estimate of drug-likeness (QED) is 0.0788. The maximum Gasteiger partial charge on any atom is 0.252 e. The predicted molar refractivity (Wildman–Crippen MR) is 204 cm³/mol. The number of halogens is 2. The van der Waals surface area contributed by atoms with E-state index < -0.39 is 23.4 Å². The molecule has 0 aliphatic heterocycles. The van der Waals surface area contributed by atoms with E-state index in [1.54, 1.807) is 52.0 Å². The first-order valence-electron chi connectivity index (χ1n) is 16.9. The second-order valence-corrected chi connectivity index (χ2v) is 12.4. The van der Waals surface area contributed by atoms with Gasteiger partial charge in [-0.15, -0.1) is 9.59 Å². The Morgan fingerprint density at radius 2 is 0.946 bits per heavy atom. The van der Waals surface area contributed by atoms with Crippen LogP contribution in [0.15, 0.2) is 73.6 Å². The van der Waals surface area contributed by atoms with Gasteiger partial charge in [0.25, 0.3) is 11.8 Å². The number of nitrogens with zero attached hydrogens (tertiary/aromatic N) is 10. The fraction of sp³-hybridized carbons (Fsp3) is 0.235. The van der Waals surface area contributed by atoms with Crippen LogP contribution in [-0.2, 0) is 0 Å². The Kier molecular flexibility index (Phi) is 12.7. The van der Waals surface area contributed by atoms with E-state index in [-0.39, 0.29) is 58.6 Å². The Morgan fingerprint density at radius 3 is 1.27 bits per heavy atom. The third-order valence-electron chi connectivity index (χ3n) is 8.05. The fourth-order valence-electron chi connectivity index (χ4n) is 4.59. The van der Waals surface area contributed by atoms with E-state index in [4.69, 9.17) is 22.9 Å². The van der Waals surface area contributed by atoms with Crippen LogP contribution in [0.25, 0.3) is 11.6 Å². The average molecular weight is 771 g/mol. The lowest BCUT2D eigenvalue weighted by Crippen LogP contribution is -2.35. The number of pyridine rings is 4. The van der Waals surface area contributed by atoms with Crippen LogP contribution in [0.1, 0.15) is 48.4 Å². The number of nitrogens with one attached hydrogen (secondary N) is 4. The van der Waals surface area contributed by atoms with E-state index in [9.17, 15) is 18.4 Å². The van der Waals surface area contributed by atoms with E-state index in [1.165, 1.54) is 46.8 Å². The highest BCUT2D eigenvalue weighted by molar-refractivity contribution is 5.99. The third-order valence-corrected chi connectivity index (χ3v) is 8.05. The van der Waals surface area contributed by atoms with Gasteiger partial charge in [0.1, 0.15) is 11.6 Å². The first-order chi connectivity index (χ1) is 26.7. The van der Waals surface area contributed by atoms with Gasteiger partial charge in [0.2, 0.25) is 0 Å². The van der Waals surface area contributed by atoms with Gasteiger partial charge >= 0.3 is 0 Å². The van der Waals surface area contributed by atoms with Gasteiger partial charge in [-0.3, -0.25) is 9.59 Å². The maximum atomic E-state index is 14.4. The molecule has 6 heterocycles. The molecule has 2 amide bonds. The summed E-state index contributed by atoms with van der Waals surface area (Å²) in [6.45, 7) is 7.17. The molecule has 56 heavy (non-hydrogen) atoms. The van der Waals surface area contributed by atoms with E-state index in [1.807, 2.05) is 0 Å². The van der Waals surface area contributed by atoms with Crippen molar-refractivity contribution in [2.75, 3.05) is 21.3 Å². The highest BCUT2D eigenvalue weighted by atomic mass is 19.1. The summed E-state index contributed by atoms with van der Waals surface area (Å²) in [5, 5.41) is 27.8. The Balaban J connectivity index is 0.000000214. The Hall–Kier alpha value is -7.20. The van der Waals surface area contributed by atoms with Crippen LogP contribution < -0.4 is 44.2 Å². The topological polar surface area (TPSA) is 299 Å². The van der Waals surface area contributed by atoms with Gasteiger partial charge in [-0.05, 0) is 52.0 Å². The molecule has 0 radical (unpaired) electrons. The first-order valence-corrected chi connectivity index (χ1v) is 16.9. The van der Waals surface area contributed by atoms with Crippen LogP contribution in [-0.4, -0.2) is 85.9 Å². The van der Waals surface area contributed by atoms with Crippen LogP contribution in [0.5, 0.6) is 0 Å². The minimum atomic E-state index is -0.816. The highest BCUT2D eigenvalue weighted by Crippen LogP contribution is 2.26. The van der Waals surface area contributed by atoms with Crippen molar-refractivity contribution in [2.24, 2.45) is 22.9 Å². The standard InChI is InChI=1S/2C17H20FN9O/c2*1-9(19)10(2)24-17-13(18)8-12(15(20)28)16(26-17)25-11-3-4-21-14(7-11)27-22-5-6-23-27/h2*3-10H,19H2,1-2H3,(H2,20,28)(H2,21,24,25,26)/t2*9-,10+/m10/s1. The molecule has 12 N–H and O–H groups in total. The van der Waals surface area contributed by atoms with Gasteiger partial charge in [-0.1, -0.05) is 0 Å². The molecule has 0 aliphatic carbocycles. The number of amides is 2. The van der Waals surface area contributed by atoms with Crippen molar-refractivity contribution >= 4 is 46.5 Å². The number of rotatable bonds is 14. The highest BCUT2D eigenvalue weighted by Gasteiger charge is 2.20. The second kappa shape index (κ2) is 17.7. The number of carbonyl (C=O) groups is 2. The van der Waals surface area contributed by atoms with Crippen molar-refractivity contribution in [3.05, 3.63) is 96.3 Å². The van der Waals surface area contributed by atoms with Crippen molar-refractivity contribution in [3.63, 3.8) is 0 Å². The molecule has 0 aliphatic rings. The first kappa shape index (κ1) is 40.0. The van der Waals surface area contributed by atoms with Crippen LogP contribution >= 0.6 is 0 Å². The molecule has 4 atom stereocenters. The average Bonchev–Trinajstić information content (AvgIpc) is 3.90. The van der Waals surface area contributed by atoms with E-state index in [0.29, 0.717) is 23.0 Å². The van der Waals surface area contributed by atoms with Crippen LogP contribution in [0.3, 0.4) is 0 Å². The molecular weight excluding hydrogens is 730 g/mol. The normalized spacial score (nSPS) is 13.0. The summed E-state index contributed by atoms with van der Waals surface area (Å²) >= 11 is 0. The zero-order valence-corrected chi connectivity index (χ0v) is 30.6. The van der Waals surface area contributed by atoms with Crippen molar-refractivity contribution in [1.82, 2.24) is 49.9 Å². The lowest BCUT2D eigenvalue weighted by atomic mass is 10.1. The van der Waals surface area contributed by atoms with E-state index >= 15 is 0 Å². The Bertz CT molecular complexity index is 2110. The smallest absolute Gasteiger partial charge is 0.252 e. The largest absolute Gasteiger partial charge is 0.365 e. The van der Waals surface area contributed by atoms with Gasteiger partial charge in [-0.2, -0.15) is 20.4 Å². The molecule has 0 spiro atoms. The molecule has 292 valence electrons. The molecule has 20 nitrogen and oxygen atoms in total. The summed E-state index contributed by atoms with van der Waals surface area (Å²) in [6, 6.07) is 7.70. The minimum Gasteiger partial charge on any atom is -0.365 e. The monoisotopic (exact) mass is 770 g/mol. The van der Waals surface area contributed by atoms with Crippen LogP contribution in [0, 0.1) is 11.6 Å². The molecule has 0 aromatic carbocycles. The fourth-order valence-corrected chi connectivity index (χ4v) is 4.59. The molecule has 0 unspecified atom stereocenters. The molecule has 6 aromatic rings. The zero-order valence-electron chi connectivity index (χ0n) is 30.6. The predicted octanol–water partition coefficient (Wildman–Crippen LogP) is 2.37. The summed E-state index contributed by atoms with van der Waals surface area (Å²) in [6.07, 6.45) is 9.15. The summed E-state index contributed by atoms with van der Waals surface area (Å²) < 4.78 is 28.7. The number of anilines is 6. The second-order valence-electron chi connectivity index (χ2n) is 12.4. The summed E-state index contributed by atoms with van der Waals surface area (Å²) in [7, 11) is 0. The minimum absolute atomic E-state index is 0.0414. The Labute approximate surface area is 318 Å². The van der Waals surface area contributed by atoms with Gasteiger partial charge in [0.15, 0.2) is 34.9 Å². The number of hydrogen-bond donors (Lipinski definition) is 8. The number of primary amides is 2. The number of nitrogens with two attached hydrogens (primary N) is 4. The van der Waals surface area contributed by atoms with E-state index in [0.717, 1.165) is 12.1 Å². The molecular formula is C34H40F2N18O2. The molecule has 0 bridgehead atoms. The molecule has 6 rings (SSSR count). The van der Waals surface area contributed by atoms with Gasteiger partial charge < -0.3 is 44.2 Å². The maximum absolute atomic E-state index is 14.4.